The quantitative estimate of drug-likeness (QED) is 0.532. The molecule has 0 fully saturated rings. The van der Waals surface area contributed by atoms with Crippen molar-refractivity contribution < 1.29 is 24.2 Å². The molecule has 0 atom stereocenters. The van der Waals surface area contributed by atoms with Crippen LogP contribution < -0.4 is 0 Å². The molecular formula is C15H22Cl2Zr. The van der Waals surface area contributed by atoms with Crippen molar-refractivity contribution in [1.29, 1.82) is 0 Å². The first kappa shape index (κ1) is 23.4. The summed E-state index contributed by atoms with van der Waals surface area (Å²) in [5.74, 6) is 0. The average Bonchev–Trinajstić information content (AvgIpc) is 2.81. The zero-order valence-electron chi connectivity index (χ0n) is 11.5. The average molecular weight is 364 g/mol. The largest absolute Gasteiger partial charge is 0.273 e. The molecule has 0 spiro atoms. The normalized spacial score (nSPS) is 13.9. The number of hydrogen-bond acceptors (Lipinski definition) is 0. The second-order valence-corrected chi connectivity index (χ2v) is 6.35. The van der Waals surface area contributed by atoms with E-state index >= 15 is 0 Å². The van der Waals surface area contributed by atoms with Gasteiger partial charge in [-0.3, -0.25) is 12.2 Å². The molecule has 0 heterocycles. The smallest absolute Gasteiger partial charge is 0.109 e. The Bertz CT molecular complexity index is 306. The van der Waals surface area contributed by atoms with Gasteiger partial charge in [0.2, 0.25) is 0 Å². The van der Waals surface area contributed by atoms with Gasteiger partial charge < -0.3 is 0 Å². The third-order valence-corrected chi connectivity index (χ3v) is 1.95. The maximum atomic E-state index is 3.19. The van der Waals surface area contributed by atoms with Crippen molar-refractivity contribution in [3.8, 4) is 0 Å². The molecule has 0 saturated carbocycles. The van der Waals surface area contributed by atoms with Crippen LogP contribution in [0.25, 0.3) is 0 Å². The predicted octanol–water partition coefficient (Wildman–Crippen LogP) is 4.98. The summed E-state index contributed by atoms with van der Waals surface area (Å²) in [6.07, 6.45) is 16.4. The molecule has 2 aliphatic rings. The van der Waals surface area contributed by atoms with Crippen LogP contribution in [-0.2, 0) is 24.2 Å². The molecule has 2 aliphatic carbocycles. The van der Waals surface area contributed by atoms with Crippen molar-refractivity contribution in [1.82, 2.24) is 0 Å². The summed E-state index contributed by atoms with van der Waals surface area (Å²) in [4.78, 5) is 0. The van der Waals surface area contributed by atoms with E-state index in [4.69, 9.17) is 0 Å². The summed E-state index contributed by atoms with van der Waals surface area (Å²) in [6, 6.07) is 0. The minimum atomic E-state index is 0. The molecule has 0 aromatic rings. The standard InChI is InChI=1S/C7H9.C5H5.C3H6.2ClH.Zr/c1-6-4-3-5-7(6)2;1-2-4-5-3-1;1-3-2;;;/h4H,3H2,1-2H3;1-3H,4H2;1-2H3;2*1H;/q2*-1;;;;+2. The van der Waals surface area contributed by atoms with Crippen LogP contribution >= 0.6 is 24.8 Å². The summed E-state index contributed by atoms with van der Waals surface area (Å²) < 4.78 is 1.51. The van der Waals surface area contributed by atoms with E-state index in [2.05, 4.69) is 52.0 Å². The van der Waals surface area contributed by atoms with E-state index in [1.54, 1.807) is 24.2 Å². The van der Waals surface area contributed by atoms with Gasteiger partial charge in [0.15, 0.2) is 0 Å². The van der Waals surface area contributed by atoms with Gasteiger partial charge in [-0.2, -0.15) is 12.2 Å². The van der Waals surface area contributed by atoms with E-state index in [1.807, 2.05) is 12.2 Å². The molecule has 100 valence electrons. The number of rotatable bonds is 0. The molecule has 0 aromatic heterocycles. The molecule has 18 heavy (non-hydrogen) atoms. The second-order valence-electron chi connectivity index (χ2n) is 3.90. The Morgan fingerprint density at radius 3 is 1.83 bits per heavy atom. The fourth-order valence-corrected chi connectivity index (χ4v) is 0.990. The first-order valence-electron chi connectivity index (χ1n) is 5.52. The third kappa shape index (κ3) is 16.3. The molecule has 0 radical (unpaired) electrons. The van der Waals surface area contributed by atoms with Gasteiger partial charge in [-0.25, -0.2) is 23.3 Å². The summed E-state index contributed by atoms with van der Waals surface area (Å²) in [5, 5.41) is 0. The molecule has 0 aliphatic heterocycles. The molecule has 0 amide bonds. The Balaban J connectivity index is -0.000000185. The summed E-state index contributed by atoms with van der Waals surface area (Å²) in [6.45, 7) is 8.46. The molecule has 2 rings (SSSR count). The molecule has 0 N–H and O–H groups in total. The van der Waals surface area contributed by atoms with Crippen LogP contribution in [0.3, 0.4) is 0 Å². The second kappa shape index (κ2) is 15.4. The minimum Gasteiger partial charge on any atom is -0.273 e. The fourth-order valence-electron chi connectivity index (χ4n) is 0.990. The Morgan fingerprint density at radius 2 is 1.72 bits per heavy atom. The molecule has 0 nitrogen and oxygen atoms in total. The SMILES string of the molecule is CC1=[C-]CC=C1C.C[C](C)=[Zr+2].Cl.Cl.[C-]1=CC=CC1. The van der Waals surface area contributed by atoms with E-state index < -0.39 is 0 Å². The fraction of sp³-hybridized carbons (Fsp3) is 0.400. The minimum absolute atomic E-state index is 0. The third-order valence-electron chi connectivity index (χ3n) is 1.95. The first-order chi connectivity index (χ1) is 7.54. The van der Waals surface area contributed by atoms with Crippen molar-refractivity contribution in [2.24, 2.45) is 0 Å². The summed E-state index contributed by atoms with van der Waals surface area (Å²) in [5.41, 5.74) is 2.71. The molecule has 0 unspecified atom stereocenters. The Morgan fingerprint density at radius 1 is 1.17 bits per heavy atom. The Kier molecular flexibility index (Phi) is 19.9. The van der Waals surface area contributed by atoms with Gasteiger partial charge >= 0.3 is 41.3 Å². The molecule has 0 bridgehead atoms. The van der Waals surface area contributed by atoms with E-state index in [9.17, 15) is 0 Å². The number of allylic oxidation sites excluding steroid dienone is 8. The van der Waals surface area contributed by atoms with Crippen molar-refractivity contribution in [2.45, 2.75) is 40.5 Å². The number of hydrogen-bond donors (Lipinski definition) is 0. The Labute approximate surface area is 139 Å². The zero-order valence-corrected chi connectivity index (χ0v) is 15.6. The molecular weight excluding hydrogens is 342 g/mol. The molecule has 0 aromatic carbocycles. The van der Waals surface area contributed by atoms with Crippen molar-refractivity contribution in [3.05, 3.63) is 47.6 Å². The predicted molar refractivity (Wildman–Crippen MR) is 83.2 cm³/mol. The topological polar surface area (TPSA) is 0 Å². The Hall–Kier alpha value is 0.293. The summed E-state index contributed by atoms with van der Waals surface area (Å²) >= 11 is 1.55. The van der Waals surface area contributed by atoms with Crippen LogP contribution in [0.2, 0.25) is 0 Å². The monoisotopic (exact) mass is 362 g/mol. The van der Waals surface area contributed by atoms with Gasteiger partial charge in [0.05, 0.1) is 0 Å². The maximum absolute atomic E-state index is 3.19. The van der Waals surface area contributed by atoms with Gasteiger partial charge in [-0.05, 0) is 0 Å². The number of halogens is 2. The van der Waals surface area contributed by atoms with E-state index in [-0.39, 0.29) is 24.8 Å². The van der Waals surface area contributed by atoms with Crippen LogP contribution in [0, 0.1) is 12.2 Å². The van der Waals surface area contributed by atoms with Gasteiger partial charge in [-0.1, -0.05) is 6.92 Å². The molecule has 0 saturated heterocycles. The van der Waals surface area contributed by atoms with Gasteiger partial charge in [0.1, 0.15) is 0 Å². The van der Waals surface area contributed by atoms with Crippen molar-refractivity contribution >= 4 is 28.0 Å². The van der Waals surface area contributed by atoms with Crippen LogP contribution in [0.15, 0.2) is 35.5 Å². The van der Waals surface area contributed by atoms with E-state index in [1.165, 1.54) is 14.4 Å². The summed E-state index contributed by atoms with van der Waals surface area (Å²) in [7, 11) is 0. The van der Waals surface area contributed by atoms with Crippen molar-refractivity contribution in [2.75, 3.05) is 0 Å². The zero-order chi connectivity index (χ0) is 12.4. The van der Waals surface area contributed by atoms with Gasteiger partial charge in [0, 0.05) is 0 Å². The van der Waals surface area contributed by atoms with Crippen LogP contribution in [0.4, 0.5) is 0 Å². The van der Waals surface area contributed by atoms with Crippen LogP contribution in [0.5, 0.6) is 0 Å². The van der Waals surface area contributed by atoms with Crippen molar-refractivity contribution in [3.63, 3.8) is 0 Å². The van der Waals surface area contributed by atoms with Gasteiger partial charge in [0.25, 0.3) is 0 Å². The van der Waals surface area contributed by atoms with E-state index in [0.717, 1.165) is 12.8 Å². The van der Waals surface area contributed by atoms with Crippen LogP contribution in [0.1, 0.15) is 40.5 Å². The van der Waals surface area contributed by atoms with E-state index in [0.29, 0.717) is 0 Å². The molecule has 3 heteroatoms. The van der Waals surface area contributed by atoms with Gasteiger partial charge in [-0.15, -0.1) is 44.6 Å². The first-order valence-corrected chi connectivity index (χ1v) is 6.75. The van der Waals surface area contributed by atoms with Crippen LogP contribution in [-0.4, -0.2) is 3.21 Å². The maximum Gasteiger partial charge on any atom is -0.109 e.